The highest BCUT2D eigenvalue weighted by Crippen LogP contribution is 2.45. The van der Waals surface area contributed by atoms with Crippen LogP contribution in [0, 0.1) is 0 Å². The molecule has 1 fully saturated rings. The topological polar surface area (TPSA) is 109 Å². The normalized spacial score (nSPS) is 17.1. The predicted octanol–water partition coefficient (Wildman–Crippen LogP) is 5.04. The number of aliphatic hydroxyl groups is 1. The highest BCUT2D eigenvalue weighted by Gasteiger charge is 2.48. The highest BCUT2D eigenvalue weighted by atomic mass is 32.1. The Morgan fingerprint density at radius 2 is 1.83 bits per heavy atom. The lowest BCUT2D eigenvalue weighted by molar-refractivity contribution is -0.132. The van der Waals surface area contributed by atoms with Crippen molar-refractivity contribution in [2.24, 2.45) is 0 Å². The fourth-order valence-electron chi connectivity index (χ4n) is 4.18. The van der Waals surface area contributed by atoms with E-state index in [1.165, 1.54) is 35.5 Å². The van der Waals surface area contributed by atoms with Crippen LogP contribution in [-0.2, 0) is 9.59 Å². The van der Waals surface area contributed by atoms with Gasteiger partial charge in [0.05, 0.1) is 35.5 Å². The molecule has 0 saturated carbocycles. The summed E-state index contributed by atoms with van der Waals surface area (Å²) in [4.78, 5) is 32.6. The third kappa shape index (κ3) is 4.03. The molecule has 182 valence electrons. The number of phenolic OH excluding ortho intramolecular Hbond substituents is 1. The van der Waals surface area contributed by atoms with Crippen LogP contribution in [0.3, 0.4) is 0 Å². The number of aliphatic hydroxyl groups excluding tert-OH is 1. The standard InChI is InChI=1S/C27H22N2O6S/c1-3-35-19-11-12-20-21(14-19)36-27(28-20)29-23(15-7-9-17(30)10-8-15)22(25(32)26(29)33)24(31)16-5-4-6-18(13-16)34-2/h4-14,23,30-31H,3H2,1-2H3. The first-order chi connectivity index (χ1) is 17.4. The lowest BCUT2D eigenvalue weighted by Gasteiger charge is -2.23. The lowest BCUT2D eigenvalue weighted by atomic mass is 9.95. The number of Topliss-reactive ketones (excluding diaryl/α,β-unsaturated/α-hetero) is 1. The monoisotopic (exact) mass is 502 g/mol. The van der Waals surface area contributed by atoms with Crippen molar-refractivity contribution in [3.05, 3.63) is 83.4 Å². The van der Waals surface area contributed by atoms with Gasteiger partial charge in [-0.3, -0.25) is 14.5 Å². The summed E-state index contributed by atoms with van der Waals surface area (Å²) in [5.41, 5.74) is 1.44. The number of methoxy groups -OCH3 is 1. The average molecular weight is 503 g/mol. The number of aromatic hydroxyl groups is 1. The molecule has 1 amide bonds. The number of aromatic nitrogens is 1. The maximum atomic E-state index is 13.4. The van der Waals surface area contributed by atoms with Crippen LogP contribution in [0.2, 0.25) is 0 Å². The van der Waals surface area contributed by atoms with Crippen LogP contribution >= 0.6 is 11.3 Å². The quantitative estimate of drug-likeness (QED) is 0.216. The number of nitrogens with zero attached hydrogens (tertiary/aromatic N) is 2. The van der Waals surface area contributed by atoms with Gasteiger partial charge in [-0.1, -0.05) is 35.6 Å². The molecule has 0 radical (unpaired) electrons. The van der Waals surface area contributed by atoms with E-state index in [0.29, 0.717) is 39.9 Å². The van der Waals surface area contributed by atoms with Crippen LogP contribution in [0.4, 0.5) is 5.13 Å². The molecular weight excluding hydrogens is 480 g/mol. The van der Waals surface area contributed by atoms with E-state index in [1.807, 2.05) is 13.0 Å². The zero-order chi connectivity index (χ0) is 25.4. The van der Waals surface area contributed by atoms with E-state index in [1.54, 1.807) is 48.5 Å². The fraction of sp³-hybridized carbons (Fsp3) is 0.148. The van der Waals surface area contributed by atoms with Crippen LogP contribution in [0.5, 0.6) is 17.2 Å². The Morgan fingerprint density at radius 3 is 2.56 bits per heavy atom. The summed E-state index contributed by atoms with van der Waals surface area (Å²) in [5, 5.41) is 21.4. The van der Waals surface area contributed by atoms with Crippen molar-refractivity contribution in [1.29, 1.82) is 0 Å². The Hall–Kier alpha value is -4.37. The van der Waals surface area contributed by atoms with Gasteiger partial charge in [0.25, 0.3) is 5.78 Å². The molecule has 1 aromatic heterocycles. The molecule has 4 aromatic rings. The van der Waals surface area contributed by atoms with Gasteiger partial charge in [0, 0.05) is 5.56 Å². The number of phenols is 1. The van der Waals surface area contributed by atoms with Gasteiger partial charge in [-0.2, -0.15) is 0 Å². The number of anilines is 1. The number of carbonyl (C=O) groups excluding carboxylic acids is 2. The molecule has 3 aromatic carbocycles. The minimum atomic E-state index is -0.955. The zero-order valence-corrected chi connectivity index (χ0v) is 20.3. The minimum Gasteiger partial charge on any atom is -0.508 e. The number of rotatable bonds is 6. The number of amides is 1. The molecule has 1 atom stereocenters. The van der Waals surface area contributed by atoms with E-state index in [-0.39, 0.29) is 17.1 Å². The first-order valence-electron chi connectivity index (χ1n) is 11.2. The van der Waals surface area contributed by atoms with Crippen molar-refractivity contribution < 1.29 is 29.3 Å². The second-order valence-corrected chi connectivity index (χ2v) is 9.06. The third-order valence-corrected chi connectivity index (χ3v) is 6.88. The van der Waals surface area contributed by atoms with Crippen LogP contribution < -0.4 is 14.4 Å². The van der Waals surface area contributed by atoms with E-state index in [2.05, 4.69) is 4.98 Å². The van der Waals surface area contributed by atoms with E-state index in [0.717, 1.165) is 4.70 Å². The van der Waals surface area contributed by atoms with Crippen LogP contribution in [0.25, 0.3) is 16.0 Å². The van der Waals surface area contributed by atoms with E-state index < -0.39 is 17.7 Å². The van der Waals surface area contributed by atoms with Crippen LogP contribution in [-0.4, -0.2) is 40.6 Å². The number of fused-ring (bicyclic) bond motifs is 1. The summed E-state index contributed by atoms with van der Waals surface area (Å²) in [6.45, 7) is 2.40. The van der Waals surface area contributed by atoms with Gasteiger partial charge in [-0.15, -0.1) is 0 Å². The molecule has 1 aliphatic rings. The lowest BCUT2D eigenvalue weighted by Crippen LogP contribution is -2.29. The second-order valence-electron chi connectivity index (χ2n) is 8.05. The Labute approximate surface area is 210 Å². The molecule has 2 heterocycles. The average Bonchev–Trinajstić information content (AvgIpc) is 3.42. The van der Waals surface area contributed by atoms with Gasteiger partial charge >= 0.3 is 5.91 Å². The summed E-state index contributed by atoms with van der Waals surface area (Å²) in [6, 6.07) is 17.2. The van der Waals surface area contributed by atoms with Crippen molar-refractivity contribution in [2.45, 2.75) is 13.0 Å². The number of carbonyl (C=O) groups is 2. The number of hydrogen-bond donors (Lipinski definition) is 2. The number of hydrogen-bond acceptors (Lipinski definition) is 8. The highest BCUT2D eigenvalue weighted by molar-refractivity contribution is 7.22. The van der Waals surface area contributed by atoms with Crippen LogP contribution in [0.15, 0.2) is 72.3 Å². The number of ether oxygens (including phenoxy) is 2. The number of benzene rings is 3. The van der Waals surface area contributed by atoms with Crippen molar-refractivity contribution >= 4 is 44.1 Å². The first kappa shape index (κ1) is 23.4. The first-order valence-corrected chi connectivity index (χ1v) is 12.0. The van der Waals surface area contributed by atoms with E-state index >= 15 is 0 Å². The minimum absolute atomic E-state index is 0.0342. The molecular formula is C27H22N2O6S. The smallest absolute Gasteiger partial charge is 0.301 e. The molecule has 1 saturated heterocycles. The Balaban J connectivity index is 1.69. The third-order valence-electron chi connectivity index (χ3n) is 5.86. The summed E-state index contributed by atoms with van der Waals surface area (Å²) < 4.78 is 11.6. The Kier molecular flexibility index (Phi) is 6.07. The molecule has 1 unspecified atom stereocenters. The summed E-state index contributed by atoms with van der Waals surface area (Å²) in [6.07, 6.45) is 0. The van der Waals surface area contributed by atoms with Crippen LogP contribution in [0.1, 0.15) is 24.1 Å². The predicted molar refractivity (Wildman–Crippen MR) is 137 cm³/mol. The van der Waals surface area contributed by atoms with E-state index in [9.17, 15) is 19.8 Å². The maximum Gasteiger partial charge on any atom is 0.301 e. The van der Waals surface area contributed by atoms with Crippen molar-refractivity contribution in [1.82, 2.24) is 4.98 Å². The number of ketones is 1. The Bertz CT molecular complexity index is 1510. The van der Waals surface area contributed by atoms with Gasteiger partial charge in [0.1, 0.15) is 23.0 Å². The summed E-state index contributed by atoms with van der Waals surface area (Å²) in [7, 11) is 1.50. The maximum absolute atomic E-state index is 13.4. The molecule has 0 aliphatic carbocycles. The molecule has 36 heavy (non-hydrogen) atoms. The van der Waals surface area contributed by atoms with Gasteiger partial charge in [0.15, 0.2) is 5.13 Å². The van der Waals surface area contributed by atoms with Gasteiger partial charge < -0.3 is 19.7 Å². The van der Waals surface area contributed by atoms with Gasteiger partial charge in [0.2, 0.25) is 0 Å². The SMILES string of the molecule is CCOc1ccc2nc(N3C(=O)C(=O)C(=C(O)c4cccc(OC)c4)C3c3ccc(O)cc3)sc2c1. The fourth-order valence-corrected chi connectivity index (χ4v) is 5.20. The molecule has 1 aliphatic heterocycles. The van der Waals surface area contributed by atoms with Crippen molar-refractivity contribution in [3.8, 4) is 17.2 Å². The molecule has 8 nitrogen and oxygen atoms in total. The summed E-state index contributed by atoms with van der Waals surface area (Å²) in [5.74, 6) is -0.759. The van der Waals surface area contributed by atoms with Crippen molar-refractivity contribution in [2.75, 3.05) is 18.6 Å². The van der Waals surface area contributed by atoms with Gasteiger partial charge in [-0.25, -0.2) is 4.98 Å². The van der Waals surface area contributed by atoms with Crippen molar-refractivity contribution in [3.63, 3.8) is 0 Å². The molecule has 9 heteroatoms. The zero-order valence-electron chi connectivity index (χ0n) is 19.5. The van der Waals surface area contributed by atoms with E-state index in [4.69, 9.17) is 9.47 Å². The molecule has 5 rings (SSSR count). The molecule has 2 N–H and O–H groups in total. The largest absolute Gasteiger partial charge is 0.508 e. The molecule has 0 bridgehead atoms. The molecule has 0 spiro atoms. The Morgan fingerprint density at radius 1 is 1.06 bits per heavy atom. The summed E-state index contributed by atoms with van der Waals surface area (Å²) >= 11 is 1.25. The number of thiazole rings is 1. The van der Waals surface area contributed by atoms with Gasteiger partial charge in [-0.05, 0) is 55.0 Å². The second kappa shape index (κ2) is 9.35.